The van der Waals surface area contributed by atoms with E-state index in [9.17, 15) is 26.3 Å². The van der Waals surface area contributed by atoms with Crippen LogP contribution in [0.3, 0.4) is 0 Å². The van der Waals surface area contributed by atoms with Gasteiger partial charge in [-0.05, 0) is 6.92 Å². The van der Waals surface area contributed by atoms with Gasteiger partial charge in [-0.2, -0.15) is 26.3 Å². The van der Waals surface area contributed by atoms with E-state index in [1.54, 1.807) is 0 Å². The Labute approximate surface area is 82.8 Å². The van der Waals surface area contributed by atoms with E-state index in [2.05, 4.69) is 4.74 Å². The first-order valence-electron chi connectivity index (χ1n) is 3.48. The van der Waals surface area contributed by atoms with E-state index in [1.807, 2.05) is 0 Å². The van der Waals surface area contributed by atoms with Crippen LogP contribution in [0.15, 0.2) is 0 Å². The molecule has 1 aliphatic heterocycles. The molecule has 2 nitrogen and oxygen atoms in total. The molecular formula is C7H12F6O2. The van der Waals surface area contributed by atoms with Crippen molar-refractivity contribution in [2.45, 2.75) is 38.9 Å². The van der Waals surface area contributed by atoms with Gasteiger partial charge in [0.25, 0.3) is 0 Å². The Bertz CT molecular complexity index is 157. The van der Waals surface area contributed by atoms with Crippen molar-refractivity contribution in [1.82, 2.24) is 0 Å². The van der Waals surface area contributed by atoms with Gasteiger partial charge in [-0.25, -0.2) is 0 Å². The van der Waals surface area contributed by atoms with E-state index in [1.165, 1.54) is 0 Å². The Balaban J connectivity index is 0. The zero-order chi connectivity index (χ0) is 11.6. The Kier molecular flexibility index (Phi) is 6.25. The van der Waals surface area contributed by atoms with Crippen molar-refractivity contribution in [1.29, 1.82) is 0 Å². The van der Waals surface area contributed by atoms with Gasteiger partial charge >= 0.3 is 12.4 Å². The van der Waals surface area contributed by atoms with Crippen LogP contribution in [0.1, 0.15) is 14.4 Å². The van der Waals surface area contributed by atoms with E-state index in [4.69, 9.17) is 5.11 Å². The monoisotopic (exact) mass is 242 g/mol. The fourth-order valence-corrected chi connectivity index (χ4v) is 0.237. The second-order valence-corrected chi connectivity index (χ2v) is 2.58. The van der Waals surface area contributed by atoms with Crippen LogP contribution in [0.5, 0.6) is 0 Å². The van der Waals surface area contributed by atoms with Crippen molar-refractivity contribution in [3.8, 4) is 0 Å². The van der Waals surface area contributed by atoms with Gasteiger partial charge in [-0.1, -0.05) is 7.43 Å². The molecule has 0 aliphatic carbocycles. The van der Waals surface area contributed by atoms with Crippen LogP contribution < -0.4 is 0 Å². The van der Waals surface area contributed by atoms with Crippen LogP contribution in [0.4, 0.5) is 26.3 Å². The number of hydrogen-bond donors (Lipinski definition) is 1. The highest BCUT2D eigenvalue weighted by atomic mass is 19.4. The Hall–Kier alpha value is -0.500. The molecule has 1 fully saturated rings. The summed E-state index contributed by atoms with van der Waals surface area (Å²) < 4.78 is 70.1. The molecule has 1 saturated heterocycles. The molecule has 0 bridgehead atoms. The molecule has 0 spiro atoms. The van der Waals surface area contributed by atoms with Crippen molar-refractivity contribution in [2.75, 3.05) is 6.61 Å². The Morgan fingerprint density at radius 2 is 1.47 bits per heavy atom. The van der Waals surface area contributed by atoms with Crippen LogP contribution >= 0.6 is 0 Å². The summed E-state index contributed by atoms with van der Waals surface area (Å²) in [5, 5.41) is 7.76. The fourth-order valence-electron chi connectivity index (χ4n) is 0.237. The van der Waals surface area contributed by atoms with E-state index in [0.29, 0.717) is 6.92 Å². The van der Waals surface area contributed by atoms with Crippen molar-refractivity contribution < 1.29 is 36.2 Å². The highest BCUT2D eigenvalue weighted by molar-refractivity contribution is 4.76. The number of aliphatic hydroxyl groups excluding tert-OH is 1. The molecule has 1 aliphatic rings. The summed E-state index contributed by atoms with van der Waals surface area (Å²) in [6.45, 7) is 0.531. The lowest BCUT2D eigenvalue weighted by Gasteiger charge is -2.06. The summed E-state index contributed by atoms with van der Waals surface area (Å²) in [4.78, 5) is 0. The average molecular weight is 242 g/mol. The van der Waals surface area contributed by atoms with E-state index in [-0.39, 0.29) is 14.0 Å². The standard InChI is InChI=1S/C3H3F3O.C3H5F3O.CH4/c4-3(5,6)2-1-7-2;1-2(7)3(4,5)6;/h2H,1H2;2,7H,1H3;1H4/t2*2-;/m00./s1. The van der Waals surface area contributed by atoms with Crippen LogP contribution in [0, 0.1) is 0 Å². The zero-order valence-electron chi connectivity index (χ0n) is 6.99. The van der Waals surface area contributed by atoms with E-state index < -0.39 is 24.6 Å². The van der Waals surface area contributed by atoms with Crippen LogP contribution in [-0.2, 0) is 4.74 Å². The average Bonchev–Trinajstić information content (AvgIpc) is 2.62. The van der Waals surface area contributed by atoms with Gasteiger partial charge in [0.05, 0.1) is 6.61 Å². The lowest BCUT2D eigenvalue weighted by atomic mass is 10.4. The molecule has 94 valence electrons. The molecule has 15 heavy (non-hydrogen) atoms. The molecule has 0 radical (unpaired) electrons. The molecule has 0 amide bonds. The van der Waals surface area contributed by atoms with Crippen molar-refractivity contribution in [3.05, 3.63) is 0 Å². The van der Waals surface area contributed by atoms with Crippen molar-refractivity contribution in [2.24, 2.45) is 0 Å². The molecule has 0 unspecified atom stereocenters. The number of hydrogen-bond acceptors (Lipinski definition) is 2. The van der Waals surface area contributed by atoms with Gasteiger partial charge in [0.2, 0.25) is 0 Å². The molecule has 1 heterocycles. The minimum absolute atomic E-state index is 0. The number of alkyl halides is 6. The van der Waals surface area contributed by atoms with Gasteiger partial charge < -0.3 is 9.84 Å². The summed E-state index contributed by atoms with van der Waals surface area (Å²) in [5.41, 5.74) is 0. The lowest BCUT2D eigenvalue weighted by Crippen LogP contribution is -2.24. The predicted molar refractivity (Wildman–Crippen MR) is 40.3 cm³/mol. The van der Waals surface area contributed by atoms with Gasteiger partial charge in [-0.3, -0.25) is 0 Å². The largest absolute Gasteiger partial charge is 0.416 e. The van der Waals surface area contributed by atoms with Crippen LogP contribution in [-0.4, -0.2) is 36.3 Å². The van der Waals surface area contributed by atoms with E-state index >= 15 is 0 Å². The van der Waals surface area contributed by atoms with Gasteiger partial charge in [0.1, 0.15) is 6.10 Å². The van der Waals surface area contributed by atoms with Crippen LogP contribution in [0.2, 0.25) is 0 Å². The van der Waals surface area contributed by atoms with Crippen LogP contribution in [0.25, 0.3) is 0 Å². The molecule has 0 aromatic heterocycles. The molecule has 0 aromatic rings. The third kappa shape index (κ3) is 8.49. The number of halogens is 6. The number of aliphatic hydroxyl groups is 1. The normalized spacial score (nSPS) is 22.0. The lowest BCUT2D eigenvalue weighted by molar-refractivity contribution is -0.197. The maximum atomic E-state index is 11.1. The third-order valence-electron chi connectivity index (χ3n) is 1.17. The summed E-state index contributed by atoms with van der Waals surface area (Å²) in [5.74, 6) is 0. The second-order valence-electron chi connectivity index (χ2n) is 2.58. The Morgan fingerprint density at radius 3 is 1.47 bits per heavy atom. The van der Waals surface area contributed by atoms with Crippen molar-refractivity contribution >= 4 is 0 Å². The van der Waals surface area contributed by atoms with Crippen molar-refractivity contribution in [3.63, 3.8) is 0 Å². The molecule has 1 N–H and O–H groups in total. The third-order valence-corrected chi connectivity index (χ3v) is 1.17. The SMILES string of the molecule is C.C[C@H](O)C(F)(F)F.FC(F)(F)[C@@H]1CO1. The van der Waals surface area contributed by atoms with E-state index in [0.717, 1.165) is 0 Å². The highest BCUT2D eigenvalue weighted by Crippen LogP contribution is 2.30. The molecule has 0 aromatic carbocycles. The summed E-state index contributed by atoms with van der Waals surface area (Å²) in [7, 11) is 0. The minimum atomic E-state index is -4.44. The summed E-state index contributed by atoms with van der Waals surface area (Å²) in [6, 6.07) is 0. The number of ether oxygens (including phenoxy) is 1. The molecule has 0 saturated carbocycles. The van der Waals surface area contributed by atoms with Gasteiger partial charge in [-0.15, -0.1) is 0 Å². The maximum Gasteiger partial charge on any atom is 0.416 e. The second kappa shape index (κ2) is 5.55. The summed E-state index contributed by atoms with van der Waals surface area (Å²) >= 11 is 0. The zero-order valence-corrected chi connectivity index (χ0v) is 6.99. The Morgan fingerprint density at radius 1 is 1.20 bits per heavy atom. The van der Waals surface area contributed by atoms with Gasteiger partial charge in [0, 0.05) is 0 Å². The maximum absolute atomic E-state index is 11.1. The first-order valence-corrected chi connectivity index (χ1v) is 3.48. The smallest absolute Gasteiger partial charge is 0.384 e. The number of rotatable bonds is 0. The predicted octanol–water partition coefficient (Wildman–Crippen LogP) is 2.51. The summed E-state index contributed by atoms with van der Waals surface area (Å²) in [6.07, 6.45) is -12.2. The highest BCUT2D eigenvalue weighted by Gasteiger charge is 2.49. The topological polar surface area (TPSA) is 32.8 Å². The first-order chi connectivity index (χ1) is 6.05. The first kappa shape index (κ1) is 16.9. The minimum Gasteiger partial charge on any atom is -0.384 e. The molecule has 2 atom stereocenters. The molecular weight excluding hydrogens is 230 g/mol. The fraction of sp³-hybridized carbons (Fsp3) is 1.00. The quantitative estimate of drug-likeness (QED) is 0.523. The molecule has 1 rings (SSSR count). The molecule has 8 heteroatoms. The van der Waals surface area contributed by atoms with Gasteiger partial charge in [0.15, 0.2) is 6.10 Å². The number of epoxide rings is 1.